The minimum absolute atomic E-state index is 0.232. The van der Waals surface area contributed by atoms with Crippen LogP contribution in [0.2, 0.25) is 0 Å². The van der Waals surface area contributed by atoms with E-state index in [0.717, 1.165) is 22.6 Å². The number of para-hydroxylation sites is 1. The van der Waals surface area contributed by atoms with Gasteiger partial charge in [0.05, 0.1) is 16.2 Å². The van der Waals surface area contributed by atoms with Crippen LogP contribution >= 0.6 is 11.3 Å². The van der Waals surface area contributed by atoms with E-state index in [-0.39, 0.29) is 6.04 Å². The minimum atomic E-state index is 0.232. The molecule has 3 aromatic rings. The first-order valence-corrected chi connectivity index (χ1v) is 7.58. The molecule has 0 saturated carbocycles. The quantitative estimate of drug-likeness (QED) is 0.796. The second kappa shape index (κ2) is 5.69. The van der Waals surface area contributed by atoms with Crippen molar-refractivity contribution in [1.82, 2.24) is 15.3 Å². The zero-order valence-corrected chi connectivity index (χ0v) is 12.4. The lowest BCUT2D eigenvalue weighted by Crippen LogP contribution is -2.19. The molecule has 2 heterocycles. The highest BCUT2D eigenvalue weighted by atomic mass is 32.1. The van der Waals surface area contributed by atoms with E-state index in [2.05, 4.69) is 44.9 Å². The van der Waals surface area contributed by atoms with Gasteiger partial charge in [-0.3, -0.25) is 4.98 Å². The average Bonchev–Trinajstić information content (AvgIpc) is 2.89. The van der Waals surface area contributed by atoms with Crippen molar-refractivity contribution in [2.75, 3.05) is 7.05 Å². The smallest absolute Gasteiger partial charge is 0.0897 e. The third-order valence-corrected chi connectivity index (χ3v) is 4.29. The second-order valence-corrected chi connectivity index (χ2v) is 5.89. The van der Waals surface area contributed by atoms with Gasteiger partial charge in [-0.1, -0.05) is 24.3 Å². The normalized spacial score (nSPS) is 12.7. The van der Waals surface area contributed by atoms with E-state index in [1.807, 2.05) is 26.2 Å². The van der Waals surface area contributed by atoms with Crippen LogP contribution in [0.1, 0.15) is 22.3 Å². The molecule has 20 heavy (non-hydrogen) atoms. The highest BCUT2D eigenvalue weighted by molar-refractivity contribution is 7.09. The van der Waals surface area contributed by atoms with Crippen LogP contribution in [0.4, 0.5) is 0 Å². The first-order chi connectivity index (χ1) is 9.78. The Balaban J connectivity index is 1.98. The summed E-state index contributed by atoms with van der Waals surface area (Å²) in [5, 5.41) is 7.83. The second-order valence-electron chi connectivity index (χ2n) is 4.83. The Morgan fingerprint density at radius 2 is 2.10 bits per heavy atom. The Morgan fingerprint density at radius 1 is 1.25 bits per heavy atom. The number of fused-ring (bicyclic) bond motifs is 1. The Bertz CT molecular complexity index is 715. The summed E-state index contributed by atoms with van der Waals surface area (Å²) in [5.41, 5.74) is 3.44. The zero-order chi connectivity index (χ0) is 13.9. The number of aromatic nitrogens is 2. The molecular weight excluding hydrogens is 266 g/mol. The first-order valence-electron chi connectivity index (χ1n) is 6.70. The number of benzene rings is 1. The van der Waals surface area contributed by atoms with E-state index in [9.17, 15) is 0 Å². The minimum Gasteiger partial charge on any atom is -0.313 e. The zero-order valence-electron chi connectivity index (χ0n) is 11.6. The standard InChI is InChI=1S/C16H17N3S/c1-11-19-13(10-20-11)9-15(17-2)14-7-3-5-12-6-4-8-18-16(12)14/h3-8,10,15,17H,9H2,1-2H3. The van der Waals surface area contributed by atoms with Crippen molar-refractivity contribution < 1.29 is 0 Å². The molecule has 1 unspecified atom stereocenters. The van der Waals surface area contributed by atoms with Gasteiger partial charge in [0.2, 0.25) is 0 Å². The van der Waals surface area contributed by atoms with Crippen LogP contribution in [-0.2, 0) is 6.42 Å². The van der Waals surface area contributed by atoms with E-state index >= 15 is 0 Å². The first kappa shape index (κ1) is 13.2. The molecule has 0 aliphatic carbocycles. The summed E-state index contributed by atoms with van der Waals surface area (Å²) in [6.45, 7) is 2.04. The number of nitrogens with one attached hydrogen (secondary N) is 1. The fourth-order valence-corrected chi connectivity index (χ4v) is 3.11. The summed E-state index contributed by atoms with van der Waals surface area (Å²) in [6, 6.07) is 10.7. The number of hydrogen-bond donors (Lipinski definition) is 1. The van der Waals surface area contributed by atoms with Crippen LogP contribution in [0.5, 0.6) is 0 Å². The van der Waals surface area contributed by atoms with Gasteiger partial charge in [0.1, 0.15) is 0 Å². The maximum absolute atomic E-state index is 4.56. The van der Waals surface area contributed by atoms with Crippen molar-refractivity contribution in [1.29, 1.82) is 0 Å². The van der Waals surface area contributed by atoms with Crippen molar-refractivity contribution in [2.24, 2.45) is 0 Å². The molecule has 0 fully saturated rings. The predicted octanol–water partition coefficient (Wildman–Crippen LogP) is 3.50. The summed E-state index contributed by atoms with van der Waals surface area (Å²) >= 11 is 1.70. The van der Waals surface area contributed by atoms with Gasteiger partial charge in [0.25, 0.3) is 0 Å². The fourth-order valence-electron chi connectivity index (χ4n) is 2.49. The van der Waals surface area contributed by atoms with Gasteiger partial charge in [-0.25, -0.2) is 4.98 Å². The fraction of sp³-hybridized carbons (Fsp3) is 0.250. The van der Waals surface area contributed by atoms with Gasteiger partial charge in [-0.05, 0) is 25.6 Å². The molecule has 0 aliphatic heterocycles. The van der Waals surface area contributed by atoms with E-state index in [1.165, 1.54) is 10.9 Å². The van der Waals surface area contributed by atoms with Crippen molar-refractivity contribution in [3.8, 4) is 0 Å². The maximum Gasteiger partial charge on any atom is 0.0897 e. The number of rotatable bonds is 4. The van der Waals surface area contributed by atoms with Gasteiger partial charge in [0, 0.05) is 29.4 Å². The molecule has 0 saturated heterocycles. The molecule has 4 heteroatoms. The summed E-state index contributed by atoms with van der Waals surface area (Å²) in [4.78, 5) is 9.10. The lowest BCUT2D eigenvalue weighted by atomic mass is 9.99. The molecule has 0 radical (unpaired) electrons. The molecule has 2 aromatic heterocycles. The van der Waals surface area contributed by atoms with E-state index in [1.54, 1.807) is 11.3 Å². The van der Waals surface area contributed by atoms with Crippen LogP contribution in [0.15, 0.2) is 41.9 Å². The Labute approximate surface area is 122 Å². The third kappa shape index (κ3) is 2.57. The lowest BCUT2D eigenvalue weighted by Gasteiger charge is -2.17. The van der Waals surface area contributed by atoms with Gasteiger partial charge < -0.3 is 5.32 Å². The van der Waals surface area contributed by atoms with Crippen LogP contribution in [0, 0.1) is 6.92 Å². The molecule has 1 N–H and O–H groups in total. The van der Waals surface area contributed by atoms with Crippen LogP contribution in [0.3, 0.4) is 0 Å². The summed E-state index contributed by atoms with van der Waals surface area (Å²) in [7, 11) is 1.99. The molecule has 0 amide bonds. The molecule has 102 valence electrons. The highest BCUT2D eigenvalue weighted by Crippen LogP contribution is 2.25. The molecule has 0 spiro atoms. The van der Waals surface area contributed by atoms with Crippen molar-refractivity contribution >= 4 is 22.2 Å². The monoisotopic (exact) mass is 283 g/mol. The van der Waals surface area contributed by atoms with Gasteiger partial charge >= 0.3 is 0 Å². The van der Waals surface area contributed by atoms with Gasteiger partial charge in [-0.2, -0.15) is 0 Å². The van der Waals surface area contributed by atoms with E-state index in [4.69, 9.17) is 0 Å². The average molecular weight is 283 g/mol. The van der Waals surface area contributed by atoms with Crippen LogP contribution in [-0.4, -0.2) is 17.0 Å². The number of likely N-dealkylation sites (N-methyl/N-ethyl adjacent to an activating group) is 1. The van der Waals surface area contributed by atoms with Gasteiger partial charge in [-0.15, -0.1) is 11.3 Å². The van der Waals surface area contributed by atoms with E-state index in [0.29, 0.717) is 0 Å². The largest absolute Gasteiger partial charge is 0.313 e. The summed E-state index contributed by atoms with van der Waals surface area (Å²) in [5.74, 6) is 0. The summed E-state index contributed by atoms with van der Waals surface area (Å²) in [6.07, 6.45) is 2.74. The molecule has 1 atom stereocenters. The lowest BCUT2D eigenvalue weighted by molar-refractivity contribution is 0.589. The number of aryl methyl sites for hydroxylation is 1. The maximum atomic E-state index is 4.56. The molecule has 0 bridgehead atoms. The number of hydrogen-bond acceptors (Lipinski definition) is 4. The highest BCUT2D eigenvalue weighted by Gasteiger charge is 2.15. The van der Waals surface area contributed by atoms with Crippen molar-refractivity contribution in [3.63, 3.8) is 0 Å². The van der Waals surface area contributed by atoms with Crippen LogP contribution < -0.4 is 5.32 Å². The molecular formula is C16H17N3S. The molecule has 3 nitrogen and oxygen atoms in total. The predicted molar refractivity (Wildman–Crippen MR) is 84.1 cm³/mol. The number of thiazole rings is 1. The topological polar surface area (TPSA) is 37.8 Å². The Morgan fingerprint density at radius 3 is 2.85 bits per heavy atom. The molecule has 0 aliphatic rings. The van der Waals surface area contributed by atoms with Crippen molar-refractivity contribution in [2.45, 2.75) is 19.4 Å². The SMILES string of the molecule is CNC(Cc1csc(C)n1)c1cccc2cccnc12. The Hall–Kier alpha value is -1.78. The van der Waals surface area contributed by atoms with Gasteiger partial charge in [0.15, 0.2) is 0 Å². The molecule has 3 rings (SSSR count). The third-order valence-electron chi connectivity index (χ3n) is 3.47. The van der Waals surface area contributed by atoms with Crippen LogP contribution in [0.25, 0.3) is 10.9 Å². The Kier molecular flexibility index (Phi) is 3.76. The summed E-state index contributed by atoms with van der Waals surface area (Å²) < 4.78 is 0. The van der Waals surface area contributed by atoms with E-state index < -0.39 is 0 Å². The number of nitrogens with zero attached hydrogens (tertiary/aromatic N) is 2. The molecule has 1 aromatic carbocycles. The number of pyridine rings is 1. The van der Waals surface area contributed by atoms with Crippen molar-refractivity contribution in [3.05, 3.63) is 58.2 Å².